The van der Waals surface area contributed by atoms with E-state index in [1.807, 2.05) is 0 Å². The van der Waals surface area contributed by atoms with Gasteiger partial charge in [-0.25, -0.2) is 0 Å². The maximum Gasteiger partial charge on any atom is 0.124 e. The summed E-state index contributed by atoms with van der Waals surface area (Å²) in [6, 6.07) is -0.876. The van der Waals surface area contributed by atoms with Crippen LogP contribution < -0.4 is 11.5 Å². The van der Waals surface area contributed by atoms with Crippen LogP contribution in [-0.4, -0.2) is 23.8 Å². The number of nitrogens with one attached hydrogen (secondary N) is 2. The van der Waals surface area contributed by atoms with Gasteiger partial charge in [0.1, 0.15) is 23.8 Å². The van der Waals surface area contributed by atoms with Gasteiger partial charge in [-0.1, -0.05) is 0 Å². The second-order valence-corrected chi connectivity index (χ2v) is 2.49. The Balaban J connectivity index is 0. The summed E-state index contributed by atoms with van der Waals surface area (Å²) < 4.78 is 0. The molecule has 0 aliphatic rings. The van der Waals surface area contributed by atoms with E-state index in [0.717, 1.165) is 0 Å². The van der Waals surface area contributed by atoms with Crippen molar-refractivity contribution in [2.45, 2.75) is 25.9 Å². The molecule has 0 fully saturated rings. The van der Waals surface area contributed by atoms with Crippen molar-refractivity contribution in [1.29, 1.82) is 10.8 Å². The van der Waals surface area contributed by atoms with Gasteiger partial charge in [0.25, 0.3) is 0 Å². The number of nitrogens with two attached hydrogens (primary N) is 2. The zero-order chi connectivity index (χ0) is 9.72. The van der Waals surface area contributed by atoms with Gasteiger partial charge < -0.3 is 11.5 Å². The van der Waals surface area contributed by atoms with Crippen LogP contribution in [-0.2, 0) is 0 Å². The Morgan fingerprint density at radius 2 is 1.23 bits per heavy atom. The molecule has 0 rings (SSSR count). The van der Waals surface area contributed by atoms with Crippen LogP contribution in [0.5, 0.6) is 0 Å². The molecule has 0 aliphatic carbocycles. The standard InChI is InChI=1S/C6H14N6.ClH/c1-3(5(7)8)11-12-4(2)6(9)10;/h3-4H,1-2H3,(H3,7,8)(H3,9,10);1H. The van der Waals surface area contributed by atoms with Gasteiger partial charge in [-0.3, -0.25) is 10.8 Å². The van der Waals surface area contributed by atoms with Crippen molar-refractivity contribution >= 4 is 24.1 Å². The fourth-order valence-corrected chi connectivity index (χ4v) is 0.324. The molecule has 0 spiro atoms. The summed E-state index contributed by atoms with van der Waals surface area (Å²) in [5.74, 6) is -0.0935. The number of azo groups is 1. The van der Waals surface area contributed by atoms with Gasteiger partial charge in [-0.2, -0.15) is 10.2 Å². The van der Waals surface area contributed by atoms with E-state index < -0.39 is 12.1 Å². The van der Waals surface area contributed by atoms with Gasteiger partial charge in [0.2, 0.25) is 0 Å². The summed E-state index contributed by atoms with van der Waals surface area (Å²) in [5.41, 5.74) is 10.3. The monoisotopic (exact) mass is 206 g/mol. The molecule has 2 atom stereocenters. The molecule has 6 nitrogen and oxygen atoms in total. The van der Waals surface area contributed by atoms with Gasteiger partial charge in [0, 0.05) is 0 Å². The highest BCUT2D eigenvalue weighted by Gasteiger charge is 2.05. The zero-order valence-corrected chi connectivity index (χ0v) is 8.43. The number of halogens is 1. The van der Waals surface area contributed by atoms with Crippen LogP contribution >= 0.6 is 12.4 Å². The summed E-state index contributed by atoms with van der Waals surface area (Å²) in [6.07, 6.45) is 0. The van der Waals surface area contributed by atoms with Crippen molar-refractivity contribution in [2.24, 2.45) is 21.7 Å². The van der Waals surface area contributed by atoms with E-state index in [4.69, 9.17) is 22.3 Å². The Labute approximate surface area is 83.2 Å². The first-order valence-electron chi connectivity index (χ1n) is 3.53. The van der Waals surface area contributed by atoms with E-state index in [1.165, 1.54) is 0 Å². The van der Waals surface area contributed by atoms with Crippen LogP contribution in [0.4, 0.5) is 0 Å². The fourth-order valence-electron chi connectivity index (χ4n) is 0.324. The quantitative estimate of drug-likeness (QED) is 0.304. The number of nitrogens with zero attached hydrogens (tertiary/aromatic N) is 2. The van der Waals surface area contributed by atoms with E-state index in [-0.39, 0.29) is 24.1 Å². The van der Waals surface area contributed by atoms with Crippen LogP contribution in [0.2, 0.25) is 0 Å². The van der Waals surface area contributed by atoms with Gasteiger partial charge in [0.15, 0.2) is 0 Å². The molecule has 7 heteroatoms. The maximum atomic E-state index is 6.99. The van der Waals surface area contributed by atoms with Crippen molar-refractivity contribution in [3.8, 4) is 0 Å². The summed E-state index contributed by atoms with van der Waals surface area (Å²) in [6.45, 7) is 3.30. The van der Waals surface area contributed by atoms with Crippen LogP contribution in [0.1, 0.15) is 13.8 Å². The smallest absolute Gasteiger partial charge is 0.124 e. The minimum absolute atomic E-state index is 0. The summed E-state index contributed by atoms with van der Waals surface area (Å²) >= 11 is 0. The minimum atomic E-state index is -0.438. The Hall–Kier alpha value is -1.17. The molecule has 0 aromatic rings. The molecule has 76 valence electrons. The van der Waals surface area contributed by atoms with Crippen LogP contribution in [0, 0.1) is 10.8 Å². The fraction of sp³-hybridized carbons (Fsp3) is 0.667. The van der Waals surface area contributed by atoms with Gasteiger partial charge in [0.05, 0.1) is 0 Å². The van der Waals surface area contributed by atoms with E-state index in [0.29, 0.717) is 0 Å². The van der Waals surface area contributed by atoms with Crippen molar-refractivity contribution < 1.29 is 0 Å². The third kappa shape index (κ3) is 6.03. The van der Waals surface area contributed by atoms with Crippen LogP contribution in [0.15, 0.2) is 10.2 Å². The molecule has 0 saturated carbocycles. The van der Waals surface area contributed by atoms with Crippen molar-refractivity contribution in [3.05, 3.63) is 0 Å². The molecular weight excluding hydrogens is 192 g/mol. The lowest BCUT2D eigenvalue weighted by Crippen LogP contribution is -2.25. The number of rotatable bonds is 4. The van der Waals surface area contributed by atoms with E-state index >= 15 is 0 Å². The van der Waals surface area contributed by atoms with Gasteiger partial charge in [-0.05, 0) is 13.8 Å². The summed E-state index contributed by atoms with van der Waals surface area (Å²) in [7, 11) is 0. The Kier molecular flexibility index (Phi) is 7.02. The third-order valence-corrected chi connectivity index (χ3v) is 1.31. The Bertz CT molecular complexity index is 191. The highest BCUT2D eigenvalue weighted by Crippen LogP contribution is 1.94. The first kappa shape index (κ1) is 14.4. The molecule has 0 amide bonds. The minimum Gasteiger partial charge on any atom is -0.386 e. The van der Waals surface area contributed by atoms with E-state index in [9.17, 15) is 0 Å². The first-order chi connectivity index (χ1) is 5.45. The predicted molar refractivity (Wildman–Crippen MR) is 54.9 cm³/mol. The lowest BCUT2D eigenvalue weighted by molar-refractivity contribution is 0.773. The SMILES string of the molecule is CC(N=NC(C)C(=N)N)C(=N)N.Cl. The van der Waals surface area contributed by atoms with Crippen molar-refractivity contribution in [2.75, 3.05) is 0 Å². The molecule has 2 unspecified atom stereocenters. The number of amidine groups is 2. The number of hydrogen-bond donors (Lipinski definition) is 4. The van der Waals surface area contributed by atoms with E-state index in [2.05, 4.69) is 10.2 Å². The predicted octanol–water partition coefficient (Wildman–Crippen LogP) is 0.509. The highest BCUT2D eigenvalue weighted by molar-refractivity contribution is 5.85. The molecular formula is C6H15ClN6. The van der Waals surface area contributed by atoms with E-state index in [1.54, 1.807) is 13.8 Å². The highest BCUT2D eigenvalue weighted by atomic mass is 35.5. The molecule has 6 N–H and O–H groups in total. The lowest BCUT2D eigenvalue weighted by Gasteiger charge is -2.04. The molecule has 0 heterocycles. The Morgan fingerprint density at radius 3 is 1.38 bits per heavy atom. The summed E-state index contributed by atoms with van der Waals surface area (Å²) in [5, 5.41) is 21.4. The van der Waals surface area contributed by atoms with Crippen LogP contribution in [0.25, 0.3) is 0 Å². The first-order valence-corrected chi connectivity index (χ1v) is 3.53. The van der Waals surface area contributed by atoms with Crippen LogP contribution in [0.3, 0.4) is 0 Å². The molecule has 0 radical (unpaired) electrons. The van der Waals surface area contributed by atoms with Gasteiger partial charge >= 0.3 is 0 Å². The maximum absolute atomic E-state index is 6.99. The molecule has 13 heavy (non-hydrogen) atoms. The summed E-state index contributed by atoms with van der Waals surface area (Å²) in [4.78, 5) is 0. The largest absolute Gasteiger partial charge is 0.386 e. The zero-order valence-electron chi connectivity index (χ0n) is 7.61. The average molecular weight is 207 g/mol. The topological polar surface area (TPSA) is 124 Å². The third-order valence-electron chi connectivity index (χ3n) is 1.31. The molecule has 0 aromatic heterocycles. The lowest BCUT2D eigenvalue weighted by atomic mass is 10.3. The molecule has 0 aliphatic heterocycles. The van der Waals surface area contributed by atoms with Crippen molar-refractivity contribution in [1.82, 2.24) is 0 Å². The molecule has 0 aromatic carbocycles. The van der Waals surface area contributed by atoms with Crippen molar-refractivity contribution in [3.63, 3.8) is 0 Å². The Morgan fingerprint density at radius 1 is 1.00 bits per heavy atom. The second-order valence-electron chi connectivity index (χ2n) is 2.49. The van der Waals surface area contributed by atoms with Gasteiger partial charge in [-0.15, -0.1) is 12.4 Å². The average Bonchev–Trinajstić information content (AvgIpc) is 1.98. The second kappa shape index (κ2) is 6.36. The molecule has 0 saturated heterocycles. The normalized spacial score (nSPS) is 14.6. The number of hydrogen-bond acceptors (Lipinski definition) is 4. The molecule has 0 bridgehead atoms.